The molecule has 2 N–H and O–H groups in total. The van der Waals surface area contributed by atoms with Crippen LogP contribution in [0.25, 0.3) is 10.2 Å². The van der Waals surface area contributed by atoms with Crippen LogP contribution in [0.5, 0.6) is 5.75 Å². The van der Waals surface area contributed by atoms with Gasteiger partial charge in [-0.05, 0) is 30.2 Å². The molecule has 28 heavy (non-hydrogen) atoms. The molecule has 0 aliphatic carbocycles. The average Bonchev–Trinajstić information content (AvgIpc) is 3.06. The standard InChI is InChI=1S/C20H20N2O5S/c1-4-14-9-15-18(28-14)16(20(25)26)17(27-3)19(24)22(15)10-12-6-5-7-13(8-12)21-11(2)23/h5-9H,4,10H2,1-3H3,(H,21,23)(H,25,26). The molecule has 2 heterocycles. The fourth-order valence-corrected chi connectivity index (χ4v) is 4.23. The minimum atomic E-state index is -1.19. The molecule has 1 aromatic carbocycles. The predicted molar refractivity (Wildman–Crippen MR) is 109 cm³/mol. The number of rotatable bonds is 6. The maximum atomic E-state index is 13.0. The highest BCUT2D eigenvalue weighted by molar-refractivity contribution is 7.19. The van der Waals surface area contributed by atoms with E-state index in [0.29, 0.717) is 15.9 Å². The summed E-state index contributed by atoms with van der Waals surface area (Å²) >= 11 is 1.35. The van der Waals surface area contributed by atoms with E-state index in [-0.39, 0.29) is 23.8 Å². The molecule has 0 bridgehead atoms. The summed E-state index contributed by atoms with van der Waals surface area (Å²) in [5.74, 6) is -1.56. The molecule has 0 atom stereocenters. The quantitative estimate of drug-likeness (QED) is 0.661. The fourth-order valence-electron chi connectivity index (χ4n) is 3.10. The lowest BCUT2D eigenvalue weighted by Crippen LogP contribution is -2.25. The average molecular weight is 400 g/mol. The summed E-state index contributed by atoms with van der Waals surface area (Å²) in [5, 5.41) is 12.4. The Kier molecular flexibility index (Phi) is 5.51. The Balaban J connectivity index is 2.21. The molecule has 146 valence electrons. The molecule has 0 aliphatic rings. The Bertz CT molecular complexity index is 1130. The number of thiophene rings is 1. The molecule has 7 nitrogen and oxygen atoms in total. The van der Waals surface area contributed by atoms with Crippen LogP contribution in [0.4, 0.5) is 5.69 Å². The van der Waals surface area contributed by atoms with Gasteiger partial charge in [-0.3, -0.25) is 14.2 Å². The van der Waals surface area contributed by atoms with E-state index < -0.39 is 11.5 Å². The summed E-state index contributed by atoms with van der Waals surface area (Å²) in [6.07, 6.45) is 0.729. The molecule has 2 aromatic heterocycles. The van der Waals surface area contributed by atoms with Crippen molar-refractivity contribution in [2.45, 2.75) is 26.8 Å². The number of hydrogen-bond acceptors (Lipinski definition) is 5. The van der Waals surface area contributed by atoms with Gasteiger partial charge in [-0.1, -0.05) is 19.1 Å². The van der Waals surface area contributed by atoms with E-state index in [1.54, 1.807) is 18.2 Å². The molecule has 0 spiro atoms. The number of aryl methyl sites for hydroxylation is 1. The van der Waals surface area contributed by atoms with Crippen molar-refractivity contribution >= 4 is 39.1 Å². The second-order valence-electron chi connectivity index (χ2n) is 6.27. The molecule has 1 amide bonds. The van der Waals surface area contributed by atoms with Gasteiger partial charge in [0.2, 0.25) is 11.7 Å². The number of carboxylic acids is 1. The number of anilines is 1. The minimum absolute atomic E-state index is 0.101. The topological polar surface area (TPSA) is 97.6 Å². The van der Waals surface area contributed by atoms with Crippen LogP contribution in [-0.2, 0) is 17.8 Å². The summed E-state index contributed by atoms with van der Waals surface area (Å²) in [7, 11) is 1.30. The van der Waals surface area contributed by atoms with Crippen LogP contribution < -0.4 is 15.6 Å². The molecule has 0 fully saturated rings. The van der Waals surface area contributed by atoms with Gasteiger partial charge in [0.1, 0.15) is 5.56 Å². The van der Waals surface area contributed by atoms with Crippen molar-refractivity contribution in [1.82, 2.24) is 4.57 Å². The van der Waals surface area contributed by atoms with Gasteiger partial charge in [-0.15, -0.1) is 11.3 Å². The van der Waals surface area contributed by atoms with Crippen LogP contribution in [0.2, 0.25) is 0 Å². The molecular formula is C20H20N2O5S. The highest BCUT2D eigenvalue weighted by atomic mass is 32.1. The summed E-state index contributed by atoms with van der Waals surface area (Å²) in [6.45, 7) is 3.62. The molecule has 0 aliphatic heterocycles. The van der Waals surface area contributed by atoms with Crippen LogP contribution in [0.1, 0.15) is 34.6 Å². The Labute approximate surface area is 165 Å². The van der Waals surface area contributed by atoms with Gasteiger partial charge in [-0.25, -0.2) is 4.79 Å². The second kappa shape index (κ2) is 7.85. The number of nitrogens with zero attached hydrogens (tertiary/aromatic N) is 1. The molecule has 0 saturated carbocycles. The number of hydrogen-bond donors (Lipinski definition) is 2. The van der Waals surface area contributed by atoms with E-state index in [1.165, 1.54) is 29.9 Å². The predicted octanol–water partition coefficient (Wildman–Crippen LogP) is 3.34. The van der Waals surface area contributed by atoms with E-state index >= 15 is 0 Å². The Morgan fingerprint density at radius 2 is 2.04 bits per heavy atom. The number of amides is 1. The van der Waals surface area contributed by atoms with Crippen molar-refractivity contribution in [1.29, 1.82) is 0 Å². The number of aromatic carboxylic acids is 1. The van der Waals surface area contributed by atoms with Crippen molar-refractivity contribution < 1.29 is 19.4 Å². The van der Waals surface area contributed by atoms with Crippen LogP contribution >= 0.6 is 11.3 Å². The molecule has 8 heteroatoms. The molecule has 3 rings (SSSR count). The van der Waals surface area contributed by atoms with Gasteiger partial charge in [-0.2, -0.15) is 0 Å². The molecule has 0 saturated heterocycles. The first-order valence-electron chi connectivity index (χ1n) is 8.68. The summed E-state index contributed by atoms with van der Waals surface area (Å²) in [5.41, 5.74) is 1.38. The Hall–Kier alpha value is -3.13. The van der Waals surface area contributed by atoms with E-state index in [0.717, 1.165) is 16.9 Å². The zero-order valence-corrected chi connectivity index (χ0v) is 16.6. The largest absolute Gasteiger partial charge is 0.490 e. The van der Waals surface area contributed by atoms with E-state index in [9.17, 15) is 19.5 Å². The lowest BCUT2D eigenvalue weighted by molar-refractivity contribution is -0.114. The van der Waals surface area contributed by atoms with Gasteiger partial charge in [0.05, 0.1) is 23.9 Å². The minimum Gasteiger partial charge on any atom is -0.490 e. The number of carboxylic acid groups (broad SMARTS) is 1. The lowest BCUT2D eigenvalue weighted by atomic mass is 10.1. The van der Waals surface area contributed by atoms with E-state index in [1.807, 2.05) is 19.1 Å². The third kappa shape index (κ3) is 3.63. The van der Waals surface area contributed by atoms with Crippen LogP contribution in [0.15, 0.2) is 35.1 Å². The number of ether oxygens (including phenoxy) is 1. The summed E-state index contributed by atoms with van der Waals surface area (Å²) in [4.78, 5) is 37.1. The van der Waals surface area contributed by atoms with Crippen molar-refractivity contribution in [2.75, 3.05) is 12.4 Å². The van der Waals surface area contributed by atoms with Gasteiger partial charge < -0.3 is 15.2 Å². The number of fused-ring (bicyclic) bond motifs is 1. The normalized spacial score (nSPS) is 10.8. The summed E-state index contributed by atoms with van der Waals surface area (Å²) < 4.78 is 7.21. The first-order valence-corrected chi connectivity index (χ1v) is 9.50. The highest BCUT2D eigenvalue weighted by Gasteiger charge is 2.24. The Morgan fingerprint density at radius 3 is 2.64 bits per heavy atom. The lowest BCUT2D eigenvalue weighted by Gasteiger charge is -2.13. The number of benzene rings is 1. The number of carbonyl (C=O) groups excluding carboxylic acids is 1. The maximum Gasteiger partial charge on any atom is 0.341 e. The first-order chi connectivity index (χ1) is 13.3. The number of methoxy groups -OCH3 is 1. The molecule has 0 unspecified atom stereocenters. The number of nitrogens with one attached hydrogen (secondary N) is 1. The van der Waals surface area contributed by atoms with Crippen molar-refractivity contribution in [3.8, 4) is 5.75 Å². The zero-order valence-electron chi connectivity index (χ0n) is 15.7. The monoisotopic (exact) mass is 400 g/mol. The first kappa shape index (κ1) is 19.6. The van der Waals surface area contributed by atoms with Gasteiger partial charge in [0.25, 0.3) is 5.56 Å². The van der Waals surface area contributed by atoms with Gasteiger partial charge in [0, 0.05) is 17.5 Å². The summed E-state index contributed by atoms with van der Waals surface area (Å²) in [6, 6.07) is 9.03. The van der Waals surface area contributed by atoms with Crippen molar-refractivity contribution in [3.63, 3.8) is 0 Å². The third-order valence-corrected chi connectivity index (χ3v) is 5.59. The highest BCUT2D eigenvalue weighted by Crippen LogP contribution is 2.33. The number of pyridine rings is 1. The van der Waals surface area contributed by atoms with Crippen molar-refractivity contribution in [2.24, 2.45) is 0 Å². The Morgan fingerprint density at radius 1 is 1.29 bits per heavy atom. The van der Waals surface area contributed by atoms with Crippen LogP contribution in [0.3, 0.4) is 0 Å². The van der Waals surface area contributed by atoms with Crippen molar-refractivity contribution in [3.05, 3.63) is 56.7 Å². The van der Waals surface area contributed by atoms with E-state index in [4.69, 9.17) is 4.74 Å². The molecule has 3 aromatic rings. The molecule has 0 radical (unpaired) electrons. The number of aromatic nitrogens is 1. The van der Waals surface area contributed by atoms with Crippen LogP contribution in [-0.4, -0.2) is 28.7 Å². The van der Waals surface area contributed by atoms with Gasteiger partial charge >= 0.3 is 5.97 Å². The number of carbonyl (C=O) groups is 2. The van der Waals surface area contributed by atoms with Gasteiger partial charge in [0.15, 0.2) is 0 Å². The smallest absolute Gasteiger partial charge is 0.341 e. The third-order valence-electron chi connectivity index (χ3n) is 4.30. The van der Waals surface area contributed by atoms with Crippen LogP contribution in [0, 0.1) is 0 Å². The maximum absolute atomic E-state index is 13.0. The van der Waals surface area contributed by atoms with E-state index in [2.05, 4.69) is 5.32 Å². The molecular weight excluding hydrogens is 380 g/mol. The second-order valence-corrected chi connectivity index (χ2v) is 7.40. The fraction of sp³-hybridized carbons (Fsp3) is 0.250. The zero-order chi connectivity index (χ0) is 20.4. The SMILES string of the molecule is CCc1cc2c(s1)c(C(=O)O)c(OC)c(=O)n2Cc1cccc(NC(C)=O)c1.